The van der Waals surface area contributed by atoms with Crippen molar-refractivity contribution in [2.75, 3.05) is 6.61 Å². The molecule has 138 valence electrons. The number of hydrogen-bond donors (Lipinski definition) is 0. The second-order valence-electron chi connectivity index (χ2n) is 6.55. The first-order chi connectivity index (χ1) is 12.8. The summed E-state index contributed by atoms with van der Waals surface area (Å²) in [6, 6.07) is 10.7. The van der Waals surface area contributed by atoms with Crippen LogP contribution >= 0.6 is 0 Å². The molecule has 0 bridgehead atoms. The minimum atomic E-state index is -1.12. The van der Waals surface area contributed by atoms with E-state index >= 15 is 0 Å². The van der Waals surface area contributed by atoms with E-state index in [4.69, 9.17) is 4.74 Å². The molecule has 0 fully saturated rings. The van der Waals surface area contributed by atoms with E-state index in [1.807, 2.05) is 19.1 Å². The fourth-order valence-corrected chi connectivity index (χ4v) is 3.04. The lowest BCUT2D eigenvalue weighted by atomic mass is 10.0. The van der Waals surface area contributed by atoms with Gasteiger partial charge in [-0.3, -0.25) is 19.3 Å². The molecule has 0 radical (unpaired) electrons. The van der Waals surface area contributed by atoms with Crippen LogP contribution in [0.1, 0.15) is 49.1 Å². The summed E-state index contributed by atoms with van der Waals surface area (Å²) >= 11 is 0. The molecule has 3 rings (SSSR count). The molecule has 0 saturated heterocycles. The Hall–Kier alpha value is -3.28. The van der Waals surface area contributed by atoms with Crippen LogP contribution in [-0.2, 0) is 9.53 Å². The van der Waals surface area contributed by atoms with E-state index in [1.165, 1.54) is 19.1 Å². The van der Waals surface area contributed by atoms with E-state index in [-0.39, 0.29) is 16.9 Å². The van der Waals surface area contributed by atoms with Crippen molar-refractivity contribution < 1.29 is 23.9 Å². The maximum atomic E-state index is 12.4. The van der Waals surface area contributed by atoms with Crippen LogP contribution in [0.4, 0.5) is 0 Å². The van der Waals surface area contributed by atoms with Gasteiger partial charge in [0.2, 0.25) is 5.78 Å². The van der Waals surface area contributed by atoms with Gasteiger partial charge in [-0.2, -0.15) is 0 Å². The van der Waals surface area contributed by atoms with Gasteiger partial charge in [-0.15, -0.1) is 0 Å². The molecule has 0 spiro atoms. The summed E-state index contributed by atoms with van der Waals surface area (Å²) < 4.78 is 5.09. The molecule has 6 heteroatoms. The molecular formula is C21H19NO5. The van der Waals surface area contributed by atoms with Gasteiger partial charge in [0.25, 0.3) is 11.8 Å². The van der Waals surface area contributed by atoms with Gasteiger partial charge in [-0.1, -0.05) is 29.8 Å². The number of nitrogens with zero attached hydrogens (tertiary/aromatic N) is 1. The molecule has 1 atom stereocenters. The number of benzene rings is 2. The molecule has 2 aromatic carbocycles. The second-order valence-corrected chi connectivity index (χ2v) is 6.55. The van der Waals surface area contributed by atoms with Crippen molar-refractivity contribution in [3.8, 4) is 0 Å². The zero-order chi connectivity index (χ0) is 19.7. The zero-order valence-electron chi connectivity index (χ0n) is 15.3. The van der Waals surface area contributed by atoms with E-state index in [9.17, 15) is 19.2 Å². The molecule has 0 aromatic heterocycles. The zero-order valence-corrected chi connectivity index (χ0v) is 15.3. The Morgan fingerprint density at radius 3 is 2.19 bits per heavy atom. The summed E-state index contributed by atoms with van der Waals surface area (Å²) in [6.45, 7) is 4.63. The normalized spacial score (nSPS) is 14.1. The number of esters is 1. The third-order valence-corrected chi connectivity index (χ3v) is 4.59. The smallest absolute Gasteiger partial charge is 0.329 e. The highest BCUT2D eigenvalue weighted by atomic mass is 16.5. The van der Waals surface area contributed by atoms with Gasteiger partial charge in [0.15, 0.2) is 6.61 Å². The summed E-state index contributed by atoms with van der Waals surface area (Å²) in [6.07, 6.45) is 0. The number of amides is 2. The highest BCUT2D eigenvalue weighted by Gasteiger charge is 2.41. The predicted molar refractivity (Wildman–Crippen MR) is 97.6 cm³/mol. The molecule has 2 amide bonds. The third-order valence-electron chi connectivity index (χ3n) is 4.59. The van der Waals surface area contributed by atoms with E-state index in [0.29, 0.717) is 5.56 Å². The van der Waals surface area contributed by atoms with E-state index in [1.54, 1.807) is 25.1 Å². The van der Waals surface area contributed by atoms with Crippen molar-refractivity contribution in [3.05, 3.63) is 70.3 Å². The van der Waals surface area contributed by atoms with E-state index in [2.05, 4.69) is 0 Å². The number of carbonyl (C=O) groups excluding carboxylic acids is 4. The molecule has 1 aliphatic heterocycles. The minimum Gasteiger partial charge on any atom is -0.456 e. The molecule has 6 nitrogen and oxygen atoms in total. The Balaban J connectivity index is 1.68. The summed E-state index contributed by atoms with van der Waals surface area (Å²) in [7, 11) is 0. The van der Waals surface area contributed by atoms with Crippen molar-refractivity contribution in [2.24, 2.45) is 0 Å². The maximum Gasteiger partial charge on any atom is 0.329 e. The molecule has 0 saturated carbocycles. The molecule has 0 aliphatic carbocycles. The number of hydrogen-bond acceptors (Lipinski definition) is 5. The summed E-state index contributed by atoms with van der Waals surface area (Å²) in [5.74, 6) is -2.22. The average molecular weight is 365 g/mol. The van der Waals surface area contributed by atoms with Gasteiger partial charge >= 0.3 is 5.97 Å². The largest absolute Gasteiger partial charge is 0.456 e. The van der Waals surface area contributed by atoms with Crippen molar-refractivity contribution >= 4 is 23.6 Å². The Morgan fingerprint density at radius 1 is 1.00 bits per heavy atom. The first-order valence-electron chi connectivity index (χ1n) is 8.55. The average Bonchev–Trinajstić information content (AvgIpc) is 2.92. The van der Waals surface area contributed by atoms with Gasteiger partial charge in [-0.25, -0.2) is 4.79 Å². The quantitative estimate of drug-likeness (QED) is 0.462. The molecular weight excluding hydrogens is 346 g/mol. The van der Waals surface area contributed by atoms with Gasteiger partial charge in [-0.05, 0) is 44.5 Å². The number of Topliss-reactive ketones (excluding diaryl/α,β-unsaturated/α-hetero) is 1. The van der Waals surface area contributed by atoms with Gasteiger partial charge in [0.1, 0.15) is 6.04 Å². The number of fused-ring (bicyclic) bond motifs is 1. The molecule has 0 N–H and O–H groups in total. The third kappa shape index (κ3) is 3.38. The van der Waals surface area contributed by atoms with Crippen LogP contribution in [0.25, 0.3) is 0 Å². The summed E-state index contributed by atoms with van der Waals surface area (Å²) in [5, 5.41) is 0. The van der Waals surface area contributed by atoms with Crippen molar-refractivity contribution in [1.82, 2.24) is 4.90 Å². The number of aryl methyl sites for hydroxylation is 2. The lowest BCUT2D eigenvalue weighted by Gasteiger charge is -2.20. The van der Waals surface area contributed by atoms with Crippen molar-refractivity contribution in [2.45, 2.75) is 26.8 Å². The Bertz CT molecular complexity index is 928. The highest BCUT2D eigenvalue weighted by Crippen LogP contribution is 2.24. The predicted octanol–water partition coefficient (Wildman–Crippen LogP) is 2.71. The summed E-state index contributed by atoms with van der Waals surface area (Å²) in [4.78, 5) is 50.4. The van der Waals surface area contributed by atoms with Crippen LogP contribution in [0.3, 0.4) is 0 Å². The first-order valence-corrected chi connectivity index (χ1v) is 8.55. The minimum absolute atomic E-state index is 0.258. The van der Waals surface area contributed by atoms with Crippen LogP contribution in [0.2, 0.25) is 0 Å². The van der Waals surface area contributed by atoms with E-state index in [0.717, 1.165) is 16.0 Å². The van der Waals surface area contributed by atoms with Gasteiger partial charge in [0.05, 0.1) is 11.1 Å². The number of rotatable bonds is 5. The summed E-state index contributed by atoms with van der Waals surface area (Å²) in [5.41, 5.74) is 2.71. The highest BCUT2D eigenvalue weighted by molar-refractivity contribution is 6.22. The Morgan fingerprint density at radius 2 is 1.59 bits per heavy atom. The lowest BCUT2D eigenvalue weighted by Crippen LogP contribution is -2.44. The molecule has 0 unspecified atom stereocenters. The SMILES string of the molecule is Cc1ccc(C)c(C(=O)COC(=O)[C@@H](C)N2C(=O)c3ccccc3C2=O)c1. The molecule has 27 heavy (non-hydrogen) atoms. The van der Waals surface area contributed by atoms with Crippen molar-refractivity contribution in [3.63, 3.8) is 0 Å². The number of ether oxygens (including phenoxy) is 1. The van der Waals surface area contributed by atoms with Crippen LogP contribution in [0.15, 0.2) is 42.5 Å². The Labute approximate surface area is 156 Å². The van der Waals surface area contributed by atoms with Gasteiger partial charge < -0.3 is 4.74 Å². The van der Waals surface area contributed by atoms with Crippen LogP contribution < -0.4 is 0 Å². The van der Waals surface area contributed by atoms with Crippen LogP contribution in [0, 0.1) is 13.8 Å². The maximum absolute atomic E-state index is 12.4. The molecule has 2 aromatic rings. The van der Waals surface area contributed by atoms with Crippen LogP contribution in [0.5, 0.6) is 0 Å². The fraction of sp³-hybridized carbons (Fsp3) is 0.238. The standard InChI is InChI=1S/C21H19NO5/c1-12-8-9-13(2)17(10-12)18(23)11-27-21(26)14(3)22-19(24)15-6-4-5-7-16(15)20(22)25/h4-10,14H,11H2,1-3H3/t14-/m1/s1. The topological polar surface area (TPSA) is 80.8 Å². The number of carbonyl (C=O) groups is 4. The molecule has 1 heterocycles. The lowest BCUT2D eigenvalue weighted by molar-refractivity contribution is -0.146. The van der Waals surface area contributed by atoms with Crippen LogP contribution in [-0.4, -0.2) is 41.1 Å². The molecule has 1 aliphatic rings. The van der Waals surface area contributed by atoms with Gasteiger partial charge in [0, 0.05) is 5.56 Å². The van der Waals surface area contributed by atoms with Crippen molar-refractivity contribution in [1.29, 1.82) is 0 Å². The monoisotopic (exact) mass is 365 g/mol. The second kappa shape index (κ2) is 7.15. The number of ketones is 1. The Kier molecular flexibility index (Phi) is 4.90. The number of imide groups is 1. The first kappa shape index (κ1) is 18.5. The van der Waals surface area contributed by atoms with E-state index < -0.39 is 30.4 Å². The fourth-order valence-electron chi connectivity index (χ4n) is 3.04.